The number of para-hydroxylation sites is 2. The first-order chi connectivity index (χ1) is 20.0. The Labute approximate surface area is 230 Å². The van der Waals surface area contributed by atoms with Gasteiger partial charge in [0, 0.05) is 23.7 Å². The van der Waals surface area contributed by atoms with E-state index >= 15 is 0 Å². The van der Waals surface area contributed by atoms with Crippen LogP contribution in [-0.4, -0.2) is 41.2 Å². The second-order valence-electron chi connectivity index (χ2n) is 9.59. The predicted molar refractivity (Wildman–Crippen MR) is 146 cm³/mol. The molecule has 3 aromatic heterocycles. The summed E-state index contributed by atoms with van der Waals surface area (Å²) >= 11 is 0. The monoisotopic (exact) mass is 553 g/mol. The summed E-state index contributed by atoms with van der Waals surface area (Å²) in [5.41, 5.74) is 2.07. The molecule has 3 aromatic carbocycles. The molecule has 10 nitrogen and oxygen atoms in total. The molecule has 1 atom stereocenters. The average Bonchev–Trinajstić information content (AvgIpc) is 3.51. The van der Waals surface area contributed by atoms with Crippen LogP contribution in [0.15, 0.2) is 84.0 Å². The third kappa shape index (κ3) is 4.20. The highest BCUT2D eigenvalue weighted by Gasteiger charge is 2.30. The summed E-state index contributed by atoms with van der Waals surface area (Å²) in [7, 11) is 0. The van der Waals surface area contributed by atoms with Gasteiger partial charge in [-0.2, -0.15) is 4.98 Å². The fraction of sp³-hybridized carbons (Fsp3) is 0.138. The molecule has 0 radical (unpaired) electrons. The molecule has 1 amide bonds. The minimum Gasteiger partial charge on any atom is -0.490 e. The topological polar surface area (TPSA) is 109 Å². The molecule has 7 rings (SSSR count). The fourth-order valence-electron chi connectivity index (χ4n) is 5.24. The number of halogens is 2. The normalized spacial score (nSPS) is 14.6. The van der Waals surface area contributed by atoms with E-state index in [0.29, 0.717) is 34.2 Å². The van der Waals surface area contributed by atoms with Crippen molar-refractivity contribution in [3.8, 4) is 11.7 Å². The second kappa shape index (κ2) is 9.66. The predicted octanol–water partition coefficient (Wildman–Crippen LogP) is 4.22. The minimum absolute atomic E-state index is 0.0729. The van der Waals surface area contributed by atoms with Gasteiger partial charge in [0.05, 0.1) is 29.9 Å². The lowest BCUT2D eigenvalue weighted by molar-refractivity contribution is -0.116. The smallest absolute Gasteiger partial charge is 0.331 e. The number of aromatic nitrogens is 6. The second-order valence-corrected chi connectivity index (χ2v) is 9.59. The van der Waals surface area contributed by atoms with E-state index in [2.05, 4.69) is 15.3 Å². The van der Waals surface area contributed by atoms with Crippen molar-refractivity contribution in [2.45, 2.75) is 19.0 Å². The number of carbonyl (C=O) groups excluding carboxylic acids is 1. The van der Waals surface area contributed by atoms with Gasteiger partial charge in [-0.25, -0.2) is 23.5 Å². The number of hydrogen-bond acceptors (Lipinski definition) is 6. The highest BCUT2D eigenvalue weighted by Crippen LogP contribution is 2.37. The van der Waals surface area contributed by atoms with E-state index in [1.807, 2.05) is 6.07 Å². The zero-order chi connectivity index (χ0) is 28.1. The van der Waals surface area contributed by atoms with Crippen molar-refractivity contribution < 1.29 is 18.3 Å². The largest absolute Gasteiger partial charge is 0.490 e. The van der Waals surface area contributed by atoms with E-state index in [0.717, 1.165) is 0 Å². The Balaban J connectivity index is 1.40. The first-order valence-corrected chi connectivity index (χ1v) is 12.8. The number of anilines is 1. The van der Waals surface area contributed by atoms with Crippen molar-refractivity contribution in [2.75, 3.05) is 11.9 Å². The molecule has 4 heterocycles. The van der Waals surface area contributed by atoms with E-state index in [9.17, 15) is 18.4 Å². The number of amides is 1. The maximum atomic E-state index is 14.7. The number of hydrogen-bond donors (Lipinski definition) is 1. The Morgan fingerprint density at radius 2 is 1.88 bits per heavy atom. The van der Waals surface area contributed by atoms with E-state index in [1.54, 1.807) is 42.5 Å². The van der Waals surface area contributed by atoms with Gasteiger partial charge in [-0.3, -0.25) is 18.5 Å². The molecule has 0 aliphatic carbocycles. The van der Waals surface area contributed by atoms with Crippen molar-refractivity contribution in [3.05, 3.63) is 107 Å². The number of nitrogens with zero attached hydrogens (tertiary/aromatic N) is 6. The molecule has 6 aromatic rings. The number of benzene rings is 3. The molecule has 0 unspecified atom stereocenters. The molecule has 0 bridgehead atoms. The molecular formula is C29H21F2N7O3. The van der Waals surface area contributed by atoms with Crippen molar-refractivity contribution in [1.82, 2.24) is 28.7 Å². The first kappa shape index (κ1) is 24.6. The standard InChI is InChI=1S/C29H21F2N7O3/c30-17-9-10-21-23(13-17)37(16-33-21)28-32-14-24-27(35-28)38(22-11-12-41-26-19(22)7-4-8-20(26)31)29(40)36(24)15-25(39)34-18-5-2-1-3-6-18/h1-10,13-14,16,22H,11-12,15H2,(H,34,39)/t22-/m1/s1. The lowest BCUT2D eigenvalue weighted by atomic mass is 10.00. The zero-order valence-electron chi connectivity index (χ0n) is 21.4. The maximum absolute atomic E-state index is 14.7. The number of rotatable bonds is 5. The van der Waals surface area contributed by atoms with Gasteiger partial charge in [0.1, 0.15) is 24.2 Å². The highest BCUT2D eigenvalue weighted by atomic mass is 19.1. The quantitative estimate of drug-likeness (QED) is 0.343. The number of imidazole rings is 2. The van der Waals surface area contributed by atoms with Crippen molar-refractivity contribution in [3.63, 3.8) is 0 Å². The Bertz CT molecular complexity index is 2020. The Hall–Kier alpha value is -5.39. The summed E-state index contributed by atoms with van der Waals surface area (Å²) in [6.45, 7) is -0.131. The third-order valence-corrected chi connectivity index (χ3v) is 7.08. The Kier molecular flexibility index (Phi) is 5.81. The van der Waals surface area contributed by atoms with Gasteiger partial charge in [-0.15, -0.1) is 0 Å². The van der Waals surface area contributed by atoms with Crippen molar-refractivity contribution in [1.29, 1.82) is 0 Å². The van der Waals surface area contributed by atoms with E-state index in [-0.39, 0.29) is 30.5 Å². The van der Waals surface area contributed by atoms with Crippen molar-refractivity contribution in [2.24, 2.45) is 0 Å². The molecule has 1 N–H and O–H groups in total. The van der Waals surface area contributed by atoms with Crippen LogP contribution in [0.25, 0.3) is 28.1 Å². The van der Waals surface area contributed by atoms with Gasteiger partial charge < -0.3 is 10.1 Å². The van der Waals surface area contributed by atoms with Gasteiger partial charge >= 0.3 is 5.69 Å². The fourth-order valence-corrected chi connectivity index (χ4v) is 5.24. The minimum atomic E-state index is -0.623. The summed E-state index contributed by atoms with van der Waals surface area (Å²) in [5.74, 6) is -1.18. The van der Waals surface area contributed by atoms with E-state index in [1.165, 1.54) is 44.4 Å². The lowest BCUT2D eigenvalue weighted by Gasteiger charge is -2.26. The molecule has 0 saturated heterocycles. The molecule has 41 heavy (non-hydrogen) atoms. The van der Waals surface area contributed by atoms with Crippen LogP contribution >= 0.6 is 0 Å². The molecule has 0 spiro atoms. The van der Waals surface area contributed by atoms with Crippen LogP contribution in [0.4, 0.5) is 14.5 Å². The number of carbonyl (C=O) groups is 1. The molecule has 204 valence electrons. The number of fused-ring (bicyclic) bond motifs is 3. The van der Waals surface area contributed by atoms with Crippen LogP contribution in [-0.2, 0) is 11.3 Å². The Morgan fingerprint density at radius 3 is 2.73 bits per heavy atom. The summed E-state index contributed by atoms with van der Waals surface area (Å²) in [6, 6.07) is 17.0. The third-order valence-electron chi connectivity index (χ3n) is 7.08. The molecule has 0 fully saturated rings. The summed E-state index contributed by atoms with van der Waals surface area (Å²) < 4.78 is 38.6. The SMILES string of the molecule is O=C(Cn1c(=O)n([C@@H]2CCOc3c(F)cccc32)c2nc(-n3cnc4ccc(F)cc43)ncc21)Nc1ccccc1. The van der Waals surface area contributed by atoms with E-state index in [4.69, 9.17) is 9.72 Å². The number of ether oxygens (including phenoxy) is 1. The highest BCUT2D eigenvalue weighted by molar-refractivity contribution is 5.91. The van der Waals surface area contributed by atoms with Gasteiger partial charge in [0.15, 0.2) is 17.2 Å². The van der Waals surface area contributed by atoms with Crippen LogP contribution in [0.3, 0.4) is 0 Å². The lowest BCUT2D eigenvalue weighted by Crippen LogP contribution is -2.33. The zero-order valence-corrected chi connectivity index (χ0v) is 21.4. The molecule has 1 aliphatic rings. The summed E-state index contributed by atoms with van der Waals surface area (Å²) in [4.78, 5) is 40.4. The molecule has 1 aliphatic heterocycles. The van der Waals surface area contributed by atoms with Crippen LogP contribution < -0.4 is 15.7 Å². The van der Waals surface area contributed by atoms with Gasteiger partial charge in [0.25, 0.3) is 0 Å². The van der Waals surface area contributed by atoms with Crippen LogP contribution in [0.1, 0.15) is 18.0 Å². The van der Waals surface area contributed by atoms with Crippen molar-refractivity contribution >= 4 is 33.8 Å². The van der Waals surface area contributed by atoms with E-state index < -0.39 is 29.3 Å². The molecule has 12 heteroatoms. The first-order valence-electron chi connectivity index (χ1n) is 12.8. The van der Waals surface area contributed by atoms with Gasteiger partial charge in [-0.1, -0.05) is 30.3 Å². The maximum Gasteiger partial charge on any atom is 0.331 e. The van der Waals surface area contributed by atoms with Crippen LogP contribution in [0.5, 0.6) is 5.75 Å². The molecular weight excluding hydrogens is 532 g/mol. The summed E-state index contributed by atoms with van der Waals surface area (Å²) in [5, 5.41) is 2.79. The van der Waals surface area contributed by atoms with Gasteiger partial charge in [-0.05, 0) is 30.3 Å². The number of nitrogens with one attached hydrogen (secondary N) is 1. The average molecular weight is 554 g/mol. The Morgan fingerprint density at radius 1 is 1.02 bits per heavy atom. The van der Waals surface area contributed by atoms with Crippen LogP contribution in [0.2, 0.25) is 0 Å². The van der Waals surface area contributed by atoms with Gasteiger partial charge in [0.2, 0.25) is 11.9 Å². The molecule has 0 saturated carbocycles. The van der Waals surface area contributed by atoms with Crippen LogP contribution in [0, 0.1) is 11.6 Å². The summed E-state index contributed by atoms with van der Waals surface area (Å²) in [6.07, 6.45) is 3.28.